The van der Waals surface area contributed by atoms with E-state index in [4.69, 9.17) is 14.2 Å². The summed E-state index contributed by atoms with van der Waals surface area (Å²) in [5.41, 5.74) is 1.25. The number of tetrazole rings is 1. The van der Waals surface area contributed by atoms with Crippen LogP contribution in [0.25, 0.3) is 10.9 Å². The summed E-state index contributed by atoms with van der Waals surface area (Å²) in [4.78, 5) is 17.3. The number of H-pyrrole nitrogens is 1. The van der Waals surface area contributed by atoms with Gasteiger partial charge in [-0.15, -0.1) is 5.10 Å². The molecule has 1 aromatic carbocycles. The molecular weight excluding hydrogens is 388 g/mol. The van der Waals surface area contributed by atoms with Crippen molar-refractivity contribution < 1.29 is 19.1 Å². The largest absolute Gasteiger partial charge is 0.494 e. The van der Waals surface area contributed by atoms with Crippen LogP contribution in [0.3, 0.4) is 0 Å². The monoisotopic (exact) mass is 415 g/mol. The maximum absolute atomic E-state index is 13.1. The van der Waals surface area contributed by atoms with Crippen molar-refractivity contribution in [1.82, 2.24) is 25.2 Å². The summed E-state index contributed by atoms with van der Waals surface area (Å²) in [5, 5.41) is 13.2. The molecule has 0 saturated carbocycles. The molecule has 0 radical (unpaired) electrons. The third kappa shape index (κ3) is 4.20. The Bertz CT molecular complexity index is 1040. The summed E-state index contributed by atoms with van der Waals surface area (Å²) < 4.78 is 18.1. The van der Waals surface area contributed by atoms with Gasteiger partial charge in [0, 0.05) is 18.0 Å². The van der Waals surface area contributed by atoms with Gasteiger partial charge in [0.05, 0.1) is 38.5 Å². The predicted molar refractivity (Wildman–Crippen MR) is 109 cm³/mol. The lowest BCUT2D eigenvalue weighted by molar-refractivity contribution is -0.933. The molecule has 4 rings (SSSR count). The Labute approximate surface area is 173 Å². The molecule has 10 heteroatoms. The number of ether oxygens (including phenoxy) is 3. The quantitative estimate of drug-likeness (QED) is 0.514. The van der Waals surface area contributed by atoms with Crippen molar-refractivity contribution in [3.05, 3.63) is 46.0 Å². The van der Waals surface area contributed by atoms with Gasteiger partial charge in [0.15, 0.2) is 6.04 Å². The van der Waals surface area contributed by atoms with Gasteiger partial charge < -0.3 is 24.1 Å². The Morgan fingerprint density at radius 3 is 2.90 bits per heavy atom. The molecule has 1 aliphatic heterocycles. The fraction of sp³-hybridized carbons (Fsp3) is 0.500. The van der Waals surface area contributed by atoms with E-state index in [0.717, 1.165) is 29.7 Å². The lowest BCUT2D eigenvalue weighted by Crippen LogP contribution is -3.14. The number of fused-ring (bicyclic) bond motifs is 1. The van der Waals surface area contributed by atoms with E-state index in [0.29, 0.717) is 44.4 Å². The predicted octanol–water partition coefficient (Wildman–Crippen LogP) is -0.436. The molecule has 1 saturated heterocycles. The summed E-state index contributed by atoms with van der Waals surface area (Å²) in [7, 11) is 1.64. The molecule has 2 N–H and O–H groups in total. The van der Waals surface area contributed by atoms with E-state index in [1.807, 2.05) is 31.2 Å². The molecule has 0 spiro atoms. The first-order valence-corrected chi connectivity index (χ1v) is 10.2. The van der Waals surface area contributed by atoms with E-state index in [2.05, 4.69) is 20.5 Å². The van der Waals surface area contributed by atoms with Crippen molar-refractivity contribution >= 4 is 10.9 Å². The van der Waals surface area contributed by atoms with E-state index < -0.39 is 0 Å². The summed E-state index contributed by atoms with van der Waals surface area (Å²) >= 11 is 0. The zero-order chi connectivity index (χ0) is 20.9. The van der Waals surface area contributed by atoms with Gasteiger partial charge in [-0.3, -0.25) is 4.79 Å². The molecular formula is C20H27N6O4+. The highest BCUT2D eigenvalue weighted by Gasteiger charge is 2.35. The molecule has 0 unspecified atom stereocenters. The van der Waals surface area contributed by atoms with Crippen molar-refractivity contribution in [2.75, 3.05) is 46.6 Å². The number of pyridine rings is 1. The minimum atomic E-state index is -0.315. The molecule has 3 heterocycles. The minimum Gasteiger partial charge on any atom is -0.494 e. The minimum absolute atomic E-state index is 0.142. The number of rotatable bonds is 8. The maximum atomic E-state index is 13.1. The van der Waals surface area contributed by atoms with Crippen LogP contribution in [0.2, 0.25) is 0 Å². The third-order valence-electron chi connectivity index (χ3n) is 5.33. The number of hydrogen-bond acceptors (Lipinski definition) is 7. The second-order valence-corrected chi connectivity index (χ2v) is 7.19. The SMILES string of the molecule is CCOc1ccc2[nH]c(=O)c([C@@H](c3nnnn3CCOC)[NH+]3CCOCC3)cc2c1. The highest BCUT2D eigenvalue weighted by atomic mass is 16.5. The number of benzene rings is 1. The molecule has 1 atom stereocenters. The van der Waals surface area contributed by atoms with Crippen LogP contribution in [0.5, 0.6) is 5.75 Å². The first kappa shape index (κ1) is 20.5. The van der Waals surface area contributed by atoms with Crippen molar-refractivity contribution in [2.24, 2.45) is 0 Å². The Morgan fingerprint density at radius 1 is 1.30 bits per heavy atom. The average Bonchev–Trinajstić information content (AvgIpc) is 3.22. The third-order valence-corrected chi connectivity index (χ3v) is 5.33. The second kappa shape index (κ2) is 9.33. The van der Waals surface area contributed by atoms with Crippen LogP contribution in [-0.4, -0.2) is 71.8 Å². The number of nitrogens with one attached hydrogen (secondary N) is 2. The summed E-state index contributed by atoms with van der Waals surface area (Å²) in [6, 6.07) is 7.28. The van der Waals surface area contributed by atoms with Gasteiger partial charge in [-0.1, -0.05) is 0 Å². The molecule has 1 fully saturated rings. The van der Waals surface area contributed by atoms with Crippen LogP contribution in [0.1, 0.15) is 24.4 Å². The number of morpholine rings is 1. The first-order chi connectivity index (χ1) is 14.7. The Balaban J connectivity index is 1.82. The van der Waals surface area contributed by atoms with Gasteiger partial charge in [0.2, 0.25) is 5.82 Å². The number of quaternary nitrogens is 1. The van der Waals surface area contributed by atoms with Crippen molar-refractivity contribution in [3.63, 3.8) is 0 Å². The normalized spacial score (nSPS) is 16.1. The maximum Gasteiger partial charge on any atom is 0.258 e. The lowest BCUT2D eigenvalue weighted by atomic mass is 10.0. The van der Waals surface area contributed by atoms with E-state index in [1.54, 1.807) is 11.8 Å². The van der Waals surface area contributed by atoms with Gasteiger partial charge in [0.1, 0.15) is 18.8 Å². The molecule has 10 nitrogen and oxygen atoms in total. The zero-order valence-corrected chi connectivity index (χ0v) is 17.3. The van der Waals surface area contributed by atoms with E-state index >= 15 is 0 Å². The fourth-order valence-corrected chi connectivity index (χ4v) is 3.89. The van der Waals surface area contributed by atoms with Gasteiger partial charge in [-0.2, -0.15) is 0 Å². The molecule has 2 aromatic heterocycles. The molecule has 1 aliphatic rings. The Kier molecular flexibility index (Phi) is 6.36. The summed E-state index contributed by atoms with van der Waals surface area (Å²) in [5.74, 6) is 1.41. The molecule has 3 aromatic rings. The molecule has 0 aliphatic carbocycles. The van der Waals surface area contributed by atoms with Crippen LogP contribution >= 0.6 is 0 Å². The Morgan fingerprint density at radius 2 is 2.13 bits per heavy atom. The van der Waals surface area contributed by atoms with Crippen LogP contribution in [0.4, 0.5) is 0 Å². The van der Waals surface area contributed by atoms with Crippen molar-refractivity contribution in [3.8, 4) is 5.75 Å². The first-order valence-electron chi connectivity index (χ1n) is 10.2. The van der Waals surface area contributed by atoms with E-state index in [1.165, 1.54) is 4.90 Å². The topological polar surface area (TPSA) is 109 Å². The van der Waals surface area contributed by atoms with Crippen LogP contribution in [-0.2, 0) is 16.0 Å². The second-order valence-electron chi connectivity index (χ2n) is 7.19. The van der Waals surface area contributed by atoms with Crippen LogP contribution in [0, 0.1) is 0 Å². The fourth-order valence-electron chi connectivity index (χ4n) is 3.89. The van der Waals surface area contributed by atoms with Crippen LogP contribution in [0.15, 0.2) is 29.1 Å². The van der Waals surface area contributed by atoms with Gasteiger partial charge in [0.25, 0.3) is 5.56 Å². The number of hydrogen-bond donors (Lipinski definition) is 2. The van der Waals surface area contributed by atoms with Gasteiger partial charge in [-0.05, 0) is 41.6 Å². The molecule has 0 bridgehead atoms. The van der Waals surface area contributed by atoms with Gasteiger partial charge >= 0.3 is 0 Å². The number of nitrogens with zero attached hydrogens (tertiary/aromatic N) is 4. The molecule has 30 heavy (non-hydrogen) atoms. The highest BCUT2D eigenvalue weighted by Crippen LogP contribution is 2.22. The summed E-state index contributed by atoms with van der Waals surface area (Å²) in [6.07, 6.45) is 0. The summed E-state index contributed by atoms with van der Waals surface area (Å²) in [6.45, 7) is 6.30. The number of aromatic amines is 1. The van der Waals surface area contributed by atoms with E-state index in [9.17, 15) is 4.79 Å². The number of aromatic nitrogens is 5. The zero-order valence-electron chi connectivity index (χ0n) is 17.3. The van der Waals surface area contributed by atoms with Crippen molar-refractivity contribution in [1.29, 1.82) is 0 Å². The lowest BCUT2D eigenvalue weighted by Gasteiger charge is -2.30. The smallest absolute Gasteiger partial charge is 0.258 e. The molecule has 160 valence electrons. The van der Waals surface area contributed by atoms with Crippen molar-refractivity contribution in [2.45, 2.75) is 19.5 Å². The van der Waals surface area contributed by atoms with Crippen LogP contribution < -0.4 is 15.2 Å². The standard InChI is InChI=1S/C20H26N6O4/c1-3-30-15-4-5-17-14(12-15)13-16(20(27)21-17)18(25-6-10-29-11-7-25)19-22-23-24-26(19)8-9-28-2/h4-5,12-13,18H,3,6-11H2,1-2H3,(H,21,27)/p+1/t18-/m0/s1. The van der Waals surface area contributed by atoms with E-state index in [-0.39, 0.29) is 11.6 Å². The molecule has 0 amide bonds. The van der Waals surface area contributed by atoms with Gasteiger partial charge in [-0.25, -0.2) is 4.68 Å². The number of methoxy groups -OCH3 is 1. The average molecular weight is 415 g/mol. The highest BCUT2D eigenvalue weighted by molar-refractivity contribution is 5.80. The Hall–Kier alpha value is -2.82.